The zero-order chi connectivity index (χ0) is 11.3. The number of likely N-dealkylation sites (N-methyl/N-ethyl adjacent to an activating group) is 1. The monoisotopic (exact) mass is 216 g/mol. The van der Waals surface area contributed by atoms with E-state index in [1.54, 1.807) is 0 Å². The predicted molar refractivity (Wildman–Crippen MR) is 60.9 cm³/mol. The first-order valence-electron chi connectivity index (χ1n) is 5.69. The van der Waals surface area contributed by atoms with Crippen molar-refractivity contribution in [2.45, 2.75) is 31.9 Å². The average molecular weight is 216 g/mol. The molecule has 1 fully saturated rings. The second-order valence-corrected chi connectivity index (χ2v) is 4.82. The van der Waals surface area contributed by atoms with Gasteiger partial charge in [-0.15, -0.1) is 0 Å². The van der Waals surface area contributed by atoms with Crippen molar-refractivity contribution in [3.05, 3.63) is 0 Å². The Hall–Kier alpha value is -0.160. The van der Waals surface area contributed by atoms with Gasteiger partial charge in [-0.3, -0.25) is 0 Å². The van der Waals surface area contributed by atoms with Crippen molar-refractivity contribution in [2.24, 2.45) is 5.73 Å². The molecular formula is C11H24N2O2. The Labute approximate surface area is 92.7 Å². The molecule has 0 aliphatic carbocycles. The number of ether oxygens (including phenoxy) is 2. The lowest BCUT2D eigenvalue weighted by Gasteiger charge is -2.28. The highest BCUT2D eigenvalue weighted by Gasteiger charge is 2.31. The Kier molecular flexibility index (Phi) is 4.99. The van der Waals surface area contributed by atoms with Crippen LogP contribution in [0.1, 0.15) is 20.3 Å². The van der Waals surface area contributed by atoms with Crippen LogP contribution >= 0.6 is 0 Å². The topological polar surface area (TPSA) is 47.7 Å². The van der Waals surface area contributed by atoms with Crippen LogP contribution in [-0.4, -0.2) is 56.5 Å². The summed E-state index contributed by atoms with van der Waals surface area (Å²) < 4.78 is 10.8. The minimum Gasteiger partial charge on any atom is -0.379 e. The quantitative estimate of drug-likeness (QED) is 0.701. The zero-order valence-electron chi connectivity index (χ0n) is 10.2. The second kappa shape index (κ2) is 5.80. The molecule has 4 heteroatoms. The summed E-state index contributed by atoms with van der Waals surface area (Å²) in [6, 6.07) is 0. The highest BCUT2D eigenvalue weighted by Crippen LogP contribution is 2.16. The summed E-state index contributed by atoms with van der Waals surface area (Å²) >= 11 is 0. The van der Waals surface area contributed by atoms with E-state index >= 15 is 0 Å². The first-order chi connectivity index (χ1) is 7.02. The molecule has 0 saturated carbocycles. The summed E-state index contributed by atoms with van der Waals surface area (Å²) in [6.07, 6.45) is 1.27. The van der Waals surface area contributed by atoms with Crippen LogP contribution in [0.2, 0.25) is 0 Å². The first-order valence-corrected chi connectivity index (χ1v) is 5.69. The van der Waals surface area contributed by atoms with Crippen LogP contribution in [0.3, 0.4) is 0 Å². The van der Waals surface area contributed by atoms with Gasteiger partial charge in [0, 0.05) is 19.7 Å². The maximum absolute atomic E-state index is 6.18. The summed E-state index contributed by atoms with van der Waals surface area (Å²) in [5.41, 5.74) is 6.04. The standard InChI is InChI=1S/C11H24N2O2/c1-10(2)15-7-5-13(3)8-11(12)4-6-14-9-11/h10H,4-9,12H2,1-3H3. The first kappa shape index (κ1) is 12.9. The minimum absolute atomic E-state index is 0.146. The minimum atomic E-state index is -0.146. The molecule has 1 unspecified atom stereocenters. The Morgan fingerprint density at radius 3 is 2.80 bits per heavy atom. The van der Waals surface area contributed by atoms with Gasteiger partial charge >= 0.3 is 0 Å². The lowest BCUT2D eigenvalue weighted by Crippen LogP contribution is -2.50. The van der Waals surface area contributed by atoms with Crippen LogP contribution in [0.15, 0.2) is 0 Å². The van der Waals surface area contributed by atoms with Gasteiger partial charge in [0.1, 0.15) is 0 Å². The summed E-state index contributed by atoms with van der Waals surface area (Å²) in [7, 11) is 2.08. The third-order valence-corrected chi connectivity index (χ3v) is 2.64. The largest absolute Gasteiger partial charge is 0.379 e. The van der Waals surface area contributed by atoms with Crippen molar-refractivity contribution in [1.29, 1.82) is 0 Å². The van der Waals surface area contributed by atoms with Crippen LogP contribution in [0.25, 0.3) is 0 Å². The molecule has 15 heavy (non-hydrogen) atoms. The fraction of sp³-hybridized carbons (Fsp3) is 1.00. The van der Waals surface area contributed by atoms with Crippen LogP contribution in [-0.2, 0) is 9.47 Å². The molecule has 0 aromatic heterocycles. The van der Waals surface area contributed by atoms with Gasteiger partial charge in [0.15, 0.2) is 0 Å². The summed E-state index contributed by atoms with van der Waals surface area (Å²) in [5, 5.41) is 0. The molecule has 0 aromatic rings. The highest BCUT2D eigenvalue weighted by molar-refractivity contribution is 4.90. The smallest absolute Gasteiger partial charge is 0.0659 e. The van der Waals surface area contributed by atoms with Crippen LogP contribution < -0.4 is 5.73 Å². The van der Waals surface area contributed by atoms with E-state index in [0.29, 0.717) is 12.7 Å². The zero-order valence-corrected chi connectivity index (χ0v) is 10.2. The van der Waals surface area contributed by atoms with E-state index in [9.17, 15) is 0 Å². The van der Waals surface area contributed by atoms with E-state index in [-0.39, 0.29) is 5.54 Å². The third kappa shape index (κ3) is 4.93. The van der Waals surface area contributed by atoms with Gasteiger partial charge in [0.25, 0.3) is 0 Å². The number of nitrogens with two attached hydrogens (primary N) is 1. The van der Waals surface area contributed by atoms with Gasteiger partial charge in [0.2, 0.25) is 0 Å². The SMILES string of the molecule is CC(C)OCCN(C)CC1(N)CCOC1. The maximum atomic E-state index is 6.18. The Morgan fingerprint density at radius 1 is 1.53 bits per heavy atom. The number of hydrogen-bond donors (Lipinski definition) is 1. The fourth-order valence-electron chi connectivity index (χ4n) is 1.81. The molecule has 2 N–H and O–H groups in total. The van der Waals surface area contributed by atoms with Crippen molar-refractivity contribution in [1.82, 2.24) is 4.90 Å². The molecule has 4 nitrogen and oxygen atoms in total. The molecular weight excluding hydrogens is 192 g/mol. The van der Waals surface area contributed by atoms with E-state index in [0.717, 1.165) is 32.7 Å². The van der Waals surface area contributed by atoms with Gasteiger partial charge < -0.3 is 20.1 Å². The van der Waals surface area contributed by atoms with Gasteiger partial charge in [-0.05, 0) is 27.3 Å². The maximum Gasteiger partial charge on any atom is 0.0659 e. The molecule has 0 spiro atoms. The average Bonchev–Trinajstić information content (AvgIpc) is 2.50. The number of rotatable bonds is 6. The van der Waals surface area contributed by atoms with E-state index in [1.807, 2.05) is 0 Å². The van der Waals surface area contributed by atoms with Crippen LogP contribution in [0.5, 0.6) is 0 Å². The molecule has 0 radical (unpaired) electrons. The fourth-order valence-corrected chi connectivity index (χ4v) is 1.81. The van der Waals surface area contributed by atoms with Gasteiger partial charge in [-0.25, -0.2) is 0 Å². The summed E-state index contributed by atoms with van der Waals surface area (Å²) in [4.78, 5) is 2.22. The van der Waals surface area contributed by atoms with Crippen LogP contribution in [0, 0.1) is 0 Å². The molecule has 0 bridgehead atoms. The third-order valence-electron chi connectivity index (χ3n) is 2.64. The molecule has 1 heterocycles. The van der Waals surface area contributed by atoms with Crippen molar-refractivity contribution < 1.29 is 9.47 Å². The van der Waals surface area contributed by atoms with Gasteiger partial charge in [-0.2, -0.15) is 0 Å². The van der Waals surface area contributed by atoms with E-state index < -0.39 is 0 Å². The molecule has 1 aliphatic rings. The van der Waals surface area contributed by atoms with Crippen molar-refractivity contribution in [3.63, 3.8) is 0 Å². The Bertz CT molecular complexity index is 179. The molecule has 0 aromatic carbocycles. The highest BCUT2D eigenvalue weighted by atomic mass is 16.5. The Balaban J connectivity index is 2.14. The summed E-state index contributed by atoms with van der Waals surface area (Å²) in [6.45, 7) is 8.16. The normalized spacial score (nSPS) is 26.8. The van der Waals surface area contributed by atoms with E-state index in [2.05, 4.69) is 25.8 Å². The predicted octanol–water partition coefficient (Wildman–Crippen LogP) is 0.461. The van der Waals surface area contributed by atoms with Gasteiger partial charge in [-0.1, -0.05) is 0 Å². The number of nitrogens with zero attached hydrogens (tertiary/aromatic N) is 1. The van der Waals surface area contributed by atoms with Crippen molar-refractivity contribution in [2.75, 3.05) is 40.0 Å². The molecule has 1 aliphatic heterocycles. The molecule has 1 atom stereocenters. The molecule has 1 saturated heterocycles. The van der Waals surface area contributed by atoms with Crippen molar-refractivity contribution >= 4 is 0 Å². The number of hydrogen-bond acceptors (Lipinski definition) is 4. The van der Waals surface area contributed by atoms with Crippen LogP contribution in [0.4, 0.5) is 0 Å². The van der Waals surface area contributed by atoms with E-state index in [4.69, 9.17) is 15.2 Å². The molecule has 90 valence electrons. The lowest BCUT2D eigenvalue weighted by molar-refractivity contribution is 0.0589. The van der Waals surface area contributed by atoms with Crippen molar-refractivity contribution in [3.8, 4) is 0 Å². The van der Waals surface area contributed by atoms with Gasteiger partial charge in [0.05, 0.1) is 24.9 Å². The molecule has 1 rings (SSSR count). The lowest BCUT2D eigenvalue weighted by atomic mass is 10.00. The molecule has 0 amide bonds. The van der Waals surface area contributed by atoms with E-state index in [1.165, 1.54) is 0 Å². The Morgan fingerprint density at radius 2 is 2.27 bits per heavy atom. The summed E-state index contributed by atoms with van der Waals surface area (Å²) in [5.74, 6) is 0. The second-order valence-electron chi connectivity index (χ2n) is 4.82.